The SMILES string of the molecule is C=C(C)c1cc(C)cc(OCC(C)C)c1.C=CC(C)C. The van der Waals surface area contributed by atoms with Crippen LogP contribution in [0.5, 0.6) is 5.75 Å². The van der Waals surface area contributed by atoms with Gasteiger partial charge in [0.2, 0.25) is 0 Å². The van der Waals surface area contributed by atoms with Crippen LogP contribution in [0.25, 0.3) is 5.57 Å². The minimum absolute atomic E-state index is 0.554. The molecule has 1 nitrogen and oxygen atoms in total. The Morgan fingerprint density at radius 2 is 1.75 bits per heavy atom. The van der Waals surface area contributed by atoms with Crippen molar-refractivity contribution in [3.05, 3.63) is 48.6 Å². The number of hydrogen-bond acceptors (Lipinski definition) is 1. The Balaban J connectivity index is 0.000000621. The van der Waals surface area contributed by atoms with Crippen LogP contribution in [0.1, 0.15) is 45.7 Å². The van der Waals surface area contributed by atoms with E-state index in [9.17, 15) is 0 Å². The van der Waals surface area contributed by atoms with Gasteiger partial charge in [0.15, 0.2) is 0 Å². The van der Waals surface area contributed by atoms with Crippen molar-refractivity contribution in [3.63, 3.8) is 0 Å². The summed E-state index contributed by atoms with van der Waals surface area (Å²) in [5.74, 6) is 2.15. The molecule has 0 N–H and O–H groups in total. The molecule has 0 aromatic heterocycles. The van der Waals surface area contributed by atoms with Crippen LogP contribution in [0, 0.1) is 18.8 Å². The molecule has 1 aromatic rings. The molecule has 20 heavy (non-hydrogen) atoms. The lowest BCUT2D eigenvalue weighted by atomic mass is 10.1. The maximum atomic E-state index is 5.70. The fourth-order valence-corrected chi connectivity index (χ4v) is 1.34. The van der Waals surface area contributed by atoms with Crippen molar-refractivity contribution in [3.8, 4) is 5.75 Å². The molecule has 0 radical (unpaired) electrons. The van der Waals surface area contributed by atoms with Crippen LogP contribution in [0.2, 0.25) is 0 Å². The van der Waals surface area contributed by atoms with E-state index in [2.05, 4.69) is 66.0 Å². The van der Waals surface area contributed by atoms with Gasteiger partial charge in [0.05, 0.1) is 6.61 Å². The second-order valence-electron chi connectivity index (χ2n) is 6.00. The molecule has 0 heterocycles. The van der Waals surface area contributed by atoms with Crippen molar-refractivity contribution in [2.75, 3.05) is 6.61 Å². The van der Waals surface area contributed by atoms with E-state index in [1.807, 2.05) is 13.0 Å². The second-order valence-corrected chi connectivity index (χ2v) is 6.00. The van der Waals surface area contributed by atoms with Gasteiger partial charge in [-0.3, -0.25) is 0 Å². The number of ether oxygens (including phenoxy) is 1. The lowest BCUT2D eigenvalue weighted by Crippen LogP contribution is -2.04. The maximum absolute atomic E-state index is 5.70. The molecule has 0 saturated heterocycles. The number of rotatable bonds is 5. The van der Waals surface area contributed by atoms with E-state index in [1.165, 1.54) is 5.56 Å². The Morgan fingerprint density at radius 1 is 1.20 bits per heavy atom. The van der Waals surface area contributed by atoms with Crippen molar-refractivity contribution in [2.45, 2.75) is 41.5 Å². The van der Waals surface area contributed by atoms with Crippen LogP contribution in [0.15, 0.2) is 37.4 Å². The molecule has 1 rings (SSSR count). The highest BCUT2D eigenvalue weighted by Crippen LogP contribution is 2.21. The maximum Gasteiger partial charge on any atom is 0.120 e. The third-order valence-corrected chi connectivity index (χ3v) is 2.60. The Morgan fingerprint density at radius 3 is 2.15 bits per heavy atom. The van der Waals surface area contributed by atoms with Gasteiger partial charge in [0.1, 0.15) is 5.75 Å². The van der Waals surface area contributed by atoms with Gasteiger partial charge in [-0.2, -0.15) is 0 Å². The van der Waals surface area contributed by atoms with Crippen molar-refractivity contribution >= 4 is 5.57 Å². The zero-order valence-corrected chi connectivity index (χ0v) is 14.0. The fraction of sp³-hybridized carbons (Fsp3) is 0.474. The predicted octanol–water partition coefficient (Wildman–Crippen LogP) is 5.89. The summed E-state index contributed by atoms with van der Waals surface area (Å²) in [6.07, 6.45) is 1.92. The van der Waals surface area contributed by atoms with Crippen molar-refractivity contribution in [2.24, 2.45) is 11.8 Å². The van der Waals surface area contributed by atoms with Crippen LogP contribution in [-0.4, -0.2) is 6.61 Å². The highest BCUT2D eigenvalue weighted by Gasteiger charge is 2.01. The smallest absolute Gasteiger partial charge is 0.120 e. The van der Waals surface area contributed by atoms with Gasteiger partial charge in [-0.15, -0.1) is 6.58 Å². The molecule has 0 unspecified atom stereocenters. The van der Waals surface area contributed by atoms with Gasteiger partial charge in [0.25, 0.3) is 0 Å². The largest absolute Gasteiger partial charge is 0.493 e. The third-order valence-electron chi connectivity index (χ3n) is 2.60. The molecule has 0 atom stereocenters. The molecular formula is C19H30O. The van der Waals surface area contributed by atoms with E-state index in [0.29, 0.717) is 11.8 Å². The second kappa shape index (κ2) is 9.41. The molecule has 0 spiro atoms. The van der Waals surface area contributed by atoms with Gasteiger partial charge in [-0.05, 0) is 48.9 Å². The number of aryl methyl sites for hydroxylation is 1. The van der Waals surface area contributed by atoms with E-state index in [1.54, 1.807) is 0 Å². The topological polar surface area (TPSA) is 9.23 Å². The monoisotopic (exact) mass is 274 g/mol. The molecule has 112 valence electrons. The van der Waals surface area contributed by atoms with E-state index in [-0.39, 0.29) is 0 Å². The zero-order valence-electron chi connectivity index (χ0n) is 14.0. The van der Waals surface area contributed by atoms with Crippen molar-refractivity contribution < 1.29 is 4.74 Å². The van der Waals surface area contributed by atoms with Crippen molar-refractivity contribution in [1.29, 1.82) is 0 Å². The summed E-state index contributed by atoms with van der Waals surface area (Å²) < 4.78 is 5.70. The summed E-state index contributed by atoms with van der Waals surface area (Å²) in [7, 11) is 0. The molecule has 0 fully saturated rings. The van der Waals surface area contributed by atoms with Gasteiger partial charge in [0, 0.05) is 0 Å². The molecule has 0 saturated carbocycles. The summed E-state index contributed by atoms with van der Waals surface area (Å²) in [5.41, 5.74) is 3.45. The van der Waals surface area contributed by atoms with Crippen molar-refractivity contribution in [1.82, 2.24) is 0 Å². The lowest BCUT2D eigenvalue weighted by molar-refractivity contribution is 0.271. The van der Waals surface area contributed by atoms with Gasteiger partial charge >= 0.3 is 0 Å². The predicted molar refractivity (Wildman–Crippen MR) is 91.3 cm³/mol. The molecule has 0 aliphatic heterocycles. The summed E-state index contributed by atoms with van der Waals surface area (Å²) in [6.45, 7) is 20.9. The molecule has 1 aromatic carbocycles. The van der Waals surface area contributed by atoms with Crippen LogP contribution in [-0.2, 0) is 0 Å². The Bertz CT molecular complexity index is 427. The summed E-state index contributed by atoms with van der Waals surface area (Å²) in [5, 5.41) is 0. The normalized spacial score (nSPS) is 10.0. The van der Waals surface area contributed by atoms with E-state index in [4.69, 9.17) is 4.74 Å². The Hall–Kier alpha value is -1.50. The molecule has 0 bridgehead atoms. The quantitative estimate of drug-likeness (QED) is 0.608. The fourth-order valence-electron chi connectivity index (χ4n) is 1.34. The van der Waals surface area contributed by atoms with E-state index in [0.717, 1.165) is 23.5 Å². The molecule has 0 amide bonds. The molecule has 0 aliphatic carbocycles. The first-order valence-electron chi connectivity index (χ1n) is 7.29. The average Bonchev–Trinajstić information content (AvgIpc) is 2.36. The number of allylic oxidation sites excluding steroid dienone is 2. The van der Waals surface area contributed by atoms with Gasteiger partial charge in [-0.25, -0.2) is 0 Å². The first kappa shape index (κ1) is 18.5. The minimum Gasteiger partial charge on any atom is -0.493 e. The van der Waals surface area contributed by atoms with Crippen LogP contribution >= 0.6 is 0 Å². The van der Waals surface area contributed by atoms with Crippen LogP contribution in [0.3, 0.4) is 0 Å². The lowest BCUT2D eigenvalue weighted by Gasteiger charge is -2.11. The standard InChI is InChI=1S/C14H20O.C5H10/c1-10(2)9-15-14-7-12(5)6-13(8-14)11(3)4;1-4-5(2)3/h6-8,10H,3,9H2,1-2,4-5H3;4-5H,1H2,2-3H3. The molecule has 0 aliphatic rings. The summed E-state index contributed by atoms with van der Waals surface area (Å²) >= 11 is 0. The average molecular weight is 274 g/mol. The highest BCUT2D eigenvalue weighted by atomic mass is 16.5. The number of hydrogen-bond donors (Lipinski definition) is 0. The number of benzene rings is 1. The van der Waals surface area contributed by atoms with Crippen LogP contribution < -0.4 is 4.74 Å². The highest BCUT2D eigenvalue weighted by molar-refractivity contribution is 5.63. The third kappa shape index (κ3) is 8.58. The van der Waals surface area contributed by atoms with Gasteiger partial charge in [-0.1, -0.05) is 52.0 Å². The Kier molecular flexibility index (Phi) is 8.71. The summed E-state index contributed by atoms with van der Waals surface area (Å²) in [4.78, 5) is 0. The molecule has 1 heteroatoms. The van der Waals surface area contributed by atoms with Crippen LogP contribution in [0.4, 0.5) is 0 Å². The first-order chi connectivity index (χ1) is 9.26. The zero-order chi connectivity index (χ0) is 15.7. The first-order valence-corrected chi connectivity index (χ1v) is 7.29. The van der Waals surface area contributed by atoms with E-state index >= 15 is 0 Å². The minimum atomic E-state index is 0.554. The van der Waals surface area contributed by atoms with Gasteiger partial charge < -0.3 is 4.74 Å². The summed E-state index contributed by atoms with van der Waals surface area (Å²) in [6, 6.07) is 6.25. The van der Waals surface area contributed by atoms with E-state index < -0.39 is 0 Å². The Labute approximate surface area is 125 Å². The molecular weight excluding hydrogens is 244 g/mol.